The average Bonchev–Trinajstić information content (AvgIpc) is 2.40. The first-order chi connectivity index (χ1) is 8.75. The van der Waals surface area contributed by atoms with Crippen LogP contribution in [0.15, 0.2) is 60.7 Å². The molecule has 0 aliphatic heterocycles. The van der Waals surface area contributed by atoms with E-state index in [1.54, 1.807) is 6.42 Å². The van der Waals surface area contributed by atoms with E-state index in [1.807, 2.05) is 60.7 Å². The maximum atomic E-state index is 10.6. The summed E-state index contributed by atoms with van der Waals surface area (Å²) in [5.74, 6) is 0. The molecule has 2 aromatic carbocycles. The molecule has 0 saturated heterocycles. The van der Waals surface area contributed by atoms with Crippen molar-refractivity contribution < 1.29 is 14.6 Å². The van der Waals surface area contributed by atoms with Crippen LogP contribution in [0.4, 0.5) is 4.79 Å². The molecule has 0 aromatic heterocycles. The van der Waals surface area contributed by atoms with E-state index in [1.165, 1.54) is 0 Å². The molecule has 3 nitrogen and oxygen atoms in total. The van der Waals surface area contributed by atoms with E-state index < -0.39 is 12.3 Å². The Morgan fingerprint density at radius 3 is 2.06 bits per heavy atom. The van der Waals surface area contributed by atoms with Crippen molar-refractivity contribution in [3.8, 4) is 0 Å². The zero-order valence-electron chi connectivity index (χ0n) is 9.65. The third-order valence-corrected chi connectivity index (χ3v) is 2.49. The lowest BCUT2D eigenvalue weighted by atomic mass is 10.0. The Morgan fingerprint density at radius 1 is 0.944 bits per heavy atom. The van der Waals surface area contributed by atoms with Crippen molar-refractivity contribution in [3.05, 3.63) is 78.2 Å². The second-order valence-electron chi connectivity index (χ2n) is 3.78. The highest BCUT2D eigenvalue weighted by molar-refractivity contribution is 5.57. The van der Waals surface area contributed by atoms with Gasteiger partial charge < -0.3 is 4.74 Å². The molecule has 0 N–H and O–H groups in total. The monoisotopic (exact) mass is 240 g/mol. The van der Waals surface area contributed by atoms with Crippen molar-refractivity contribution in [3.63, 3.8) is 0 Å². The Bertz CT molecular complexity index is 494. The number of carbonyl (C=O) groups is 1. The fourth-order valence-corrected chi connectivity index (χ4v) is 1.68. The fourth-order valence-electron chi connectivity index (χ4n) is 1.68. The third-order valence-electron chi connectivity index (χ3n) is 2.49. The summed E-state index contributed by atoms with van der Waals surface area (Å²) in [7, 11) is 0. The molecule has 1 unspecified atom stereocenters. The van der Waals surface area contributed by atoms with Crippen LogP contribution in [0.1, 0.15) is 17.2 Å². The summed E-state index contributed by atoms with van der Waals surface area (Å²) in [6, 6.07) is 18.6. The first-order valence-corrected chi connectivity index (χ1v) is 5.58. The normalized spacial score (nSPS) is 11.8. The molecule has 2 aromatic rings. The Kier molecular flexibility index (Phi) is 3.97. The number of hydrogen-bond acceptors (Lipinski definition) is 2. The minimum absolute atomic E-state index is 0.654. The second kappa shape index (κ2) is 5.87. The quantitative estimate of drug-likeness (QED) is 0.767. The largest absolute Gasteiger partial charge is 0.550 e. The van der Waals surface area contributed by atoms with Gasteiger partial charge in [0.1, 0.15) is 6.10 Å². The lowest BCUT2D eigenvalue weighted by molar-refractivity contribution is 0.0433. The van der Waals surface area contributed by atoms with Gasteiger partial charge in [-0.25, -0.2) is 0 Å². The summed E-state index contributed by atoms with van der Waals surface area (Å²) in [6.07, 6.45) is -0.444. The van der Waals surface area contributed by atoms with Gasteiger partial charge in [0.05, 0.1) is 0 Å². The summed E-state index contributed by atoms with van der Waals surface area (Å²) < 4.78 is 4.79. The van der Waals surface area contributed by atoms with Crippen LogP contribution in [-0.4, -0.2) is 6.16 Å². The molecule has 0 fully saturated rings. The summed E-state index contributed by atoms with van der Waals surface area (Å²) >= 11 is 0. The predicted octanol–water partition coefficient (Wildman–Crippen LogP) is 3.55. The molecule has 0 aliphatic rings. The highest BCUT2D eigenvalue weighted by atomic mass is 16.7. The maximum absolute atomic E-state index is 10.6. The molecular weight excluding hydrogens is 228 g/mol. The zero-order valence-corrected chi connectivity index (χ0v) is 9.65. The van der Waals surface area contributed by atoms with E-state index in [4.69, 9.17) is 4.74 Å². The van der Waals surface area contributed by atoms with Crippen LogP contribution in [0.25, 0.3) is 0 Å². The molecule has 0 saturated carbocycles. The number of benzene rings is 2. The molecule has 0 amide bonds. The molecular formula is C15H12O3. The van der Waals surface area contributed by atoms with Crippen LogP contribution in [0.3, 0.4) is 0 Å². The molecule has 0 spiro atoms. The van der Waals surface area contributed by atoms with Crippen molar-refractivity contribution in [2.45, 2.75) is 6.10 Å². The Morgan fingerprint density at radius 2 is 1.50 bits per heavy atom. The predicted molar refractivity (Wildman–Crippen MR) is 66.2 cm³/mol. The highest BCUT2D eigenvalue weighted by Gasteiger charge is 2.17. The van der Waals surface area contributed by atoms with Crippen molar-refractivity contribution >= 4 is 6.16 Å². The van der Waals surface area contributed by atoms with E-state index in [0.717, 1.165) is 11.1 Å². The molecule has 90 valence electrons. The molecule has 0 aliphatic carbocycles. The Balaban J connectivity index is 2.18. The summed E-state index contributed by atoms with van der Waals surface area (Å²) in [5.41, 5.74) is 1.66. The van der Waals surface area contributed by atoms with E-state index in [9.17, 15) is 9.90 Å². The minimum atomic E-state index is -1.53. The Labute approximate surface area is 106 Å². The topological polar surface area (TPSA) is 46.2 Å². The summed E-state index contributed by atoms with van der Waals surface area (Å²) in [4.78, 5) is 10.6. The Hall–Kier alpha value is -2.29. The van der Waals surface area contributed by atoms with Crippen LogP contribution in [0.2, 0.25) is 0 Å². The molecule has 1 atom stereocenters. The van der Waals surface area contributed by atoms with Gasteiger partial charge in [-0.1, -0.05) is 60.7 Å². The van der Waals surface area contributed by atoms with Gasteiger partial charge in [0, 0.05) is 6.42 Å². The van der Waals surface area contributed by atoms with Crippen molar-refractivity contribution in [1.29, 1.82) is 0 Å². The van der Waals surface area contributed by atoms with Gasteiger partial charge in [-0.3, -0.25) is 0 Å². The van der Waals surface area contributed by atoms with Crippen LogP contribution < -0.4 is 0 Å². The van der Waals surface area contributed by atoms with Gasteiger partial charge in [0.2, 0.25) is 0 Å². The fraction of sp³-hybridized carbons (Fsp3) is 0.0667. The third kappa shape index (κ3) is 3.35. The van der Waals surface area contributed by atoms with E-state index in [0.29, 0.717) is 0 Å². The first kappa shape index (κ1) is 12.2. The molecule has 18 heavy (non-hydrogen) atoms. The summed E-state index contributed by atoms with van der Waals surface area (Å²) in [6.45, 7) is 0. The van der Waals surface area contributed by atoms with Crippen molar-refractivity contribution in [1.82, 2.24) is 0 Å². The van der Waals surface area contributed by atoms with Crippen LogP contribution in [0, 0.1) is 6.42 Å². The molecule has 2 rings (SSSR count). The van der Waals surface area contributed by atoms with Crippen molar-refractivity contribution in [2.24, 2.45) is 0 Å². The van der Waals surface area contributed by atoms with Gasteiger partial charge in [-0.05, 0) is 11.1 Å². The molecule has 0 bridgehead atoms. The van der Waals surface area contributed by atoms with Gasteiger partial charge in [0.25, 0.3) is 0 Å². The van der Waals surface area contributed by atoms with E-state index in [2.05, 4.69) is 0 Å². The molecule has 2 radical (unpaired) electrons. The maximum Gasteiger partial charge on any atom is 0.550 e. The van der Waals surface area contributed by atoms with E-state index in [-0.39, 0.29) is 0 Å². The second-order valence-corrected chi connectivity index (χ2v) is 3.78. The smallest absolute Gasteiger partial charge is 0.423 e. The minimum Gasteiger partial charge on any atom is -0.423 e. The number of hydrogen-bond donors (Lipinski definition) is 0. The van der Waals surface area contributed by atoms with Crippen LogP contribution in [0.5, 0.6) is 0 Å². The highest BCUT2D eigenvalue weighted by Crippen LogP contribution is 2.24. The SMILES string of the molecule is [O]C(=O)OC([CH]c1ccccc1)c1ccccc1. The van der Waals surface area contributed by atoms with Gasteiger partial charge in [-0.2, -0.15) is 9.90 Å². The van der Waals surface area contributed by atoms with Crippen molar-refractivity contribution in [2.75, 3.05) is 0 Å². The van der Waals surface area contributed by atoms with Gasteiger partial charge in [0.15, 0.2) is 0 Å². The lowest BCUT2D eigenvalue weighted by Crippen LogP contribution is -2.09. The molecule has 3 heteroatoms. The van der Waals surface area contributed by atoms with E-state index >= 15 is 0 Å². The van der Waals surface area contributed by atoms with Crippen LogP contribution >= 0.6 is 0 Å². The average molecular weight is 240 g/mol. The first-order valence-electron chi connectivity index (χ1n) is 5.58. The lowest BCUT2D eigenvalue weighted by Gasteiger charge is -2.15. The number of rotatable bonds is 4. The standard InChI is InChI=1S/C15H12O3/c16-15(17)18-14(13-9-5-2-6-10-13)11-12-7-3-1-4-8-12/h1-11,14H. The zero-order chi connectivity index (χ0) is 12.8. The van der Waals surface area contributed by atoms with Crippen LogP contribution in [-0.2, 0) is 9.84 Å². The van der Waals surface area contributed by atoms with Gasteiger partial charge >= 0.3 is 6.16 Å². The van der Waals surface area contributed by atoms with Gasteiger partial charge in [-0.15, -0.1) is 0 Å². The molecule has 0 heterocycles. The number of carbonyl (C=O) groups excluding carboxylic acids is 1. The summed E-state index contributed by atoms with van der Waals surface area (Å²) in [5, 5.41) is 10.6. The number of ether oxygens (including phenoxy) is 1.